The van der Waals surface area contributed by atoms with Crippen LogP contribution in [0.2, 0.25) is 0 Å². The fourth-order valence-corrected chi connectivity index (χ4v) is 7.51. The first-order valence-corrected chi connectivity index (χ1v) is 12.6. The molecule has 1 amide bonds. The summed E-state index contributed by atoms with van der Waals surface area (Å²) in [4.78, 5) is 18.1. The molecule has 3 aliphatic rings. The summed E-state index contributed by atoms with van der Waals surface area (Å²) in [6, 6.07) is 14.1. The van der Waals surface area contributed by atoms with Crippen molar-refractivity contribution in [1.82, 2.24) is 24.0 Å². The third kappa shape index (κ3) is 3.34. The summed E-state index contributed by atoms with van der Waals surface area (Å²) in [6.45, 7) is 1.05. The second-order valence-electron chi connectivity index (χ2n) is 8.60. The van der Waals surface area contributed by atoms with Crippen LogP contribution in [0.3, 0.4) is 0 Å². The summed E-state index contributed by atoms with van der Waals surface area (Å²) < 4.78 is 41.1. The van der Waals surface area contributed by atoms with Crippen LogP contribution in [-0.4, -0.2) is 64.3 Å². The lowest BCUT2D eigenvalue weighted by atomic mass is 9.94. The Morgan fingerprint density at radius 1 is 0.971 bits per heavy atom. The predicted molar refractivity (Wildman–Crippen MR) is 121 cm³/mol. The Morgan fingerprint density at radius 2 is 1.74 bits per heavy atom. The van der Waals surface area contributed by atoms with Crippen LogP contribution in [0.25, 0.3) is 0 Å². The van der Waals surface area contributed by atoms with E-state index >= 15 is 0 Å². The van der Waals surface area contributed by atoms with Gasteiger partial charge in [0.25, 0.3) is 0 Å². The third-order valence-electron chi connectivity index (χ3n) is 6.75. The molecule has 2 atom stereocenters. The Kier molecular flexibility index (Phi) is 5.03. The largest absolute Gasteiger partial charge is 0.454 e. The molecular formula is C23H23N5O5S. The van der Waals surface area contributed by atoms with Crippen molar-refractivity contribution in [3.63, 3.8) is 0 Å². The zero-order chi connectivity index (χ0) is 23.3. The normalized spacial score (nSPS) is 24.1. The minimum atomic E-state index is -3.58. The number of carbonyl (C=O) groups is 1. The van der Waals surface area contributed by atoms with Gasteiger partial charge < -0.3 is 14.4 Å². The van der Waals surface area contributed by atoms with Crippen molar-refractivity contribution in [2.75, 3.05) is 19.9 Å². The van der Waals surface area contributed by atoms with Gasteiger partial charge in [-0.3, -0.25) is 0 Å². The van der Waals surface area contributed by atoms with Gasteiger partial charge in [-0.2, -0.15) is 14.1 Å². The van der Waals surface area contributed by atoms with Crippen LogP contribution in [0.4, 0.5) is 4.79 Å². The van der Waals surface area contributed by atoms with Gasteiger partial charge in [-0.1, -0.05) is 36.4 Å². The van der Waals surface area contributed by atoms with Crippen molar-refractivity contribution in [3.05, 3.63) is 72.3 Å². The van der Waals surface area contributed by atoms with Crippen molar-refractivity contribution < 1.29 is 22.7 Å². The molecule has 4 heterocycles. The first kappa shape index (κ1) is 21.1. The molecule has 34 heavy (non-hydrogen) atoms. The molecule has 0 bridgehead atoms. The van der Waals surface area contributed by atoms with Crippen LogP contribution in [0, 0.1) is 0 Å². The van der Waals surface area contributed by atoms with Gasteiger partial charge in [0.1, 0.15) is 17.9 Å². The fraction of sp³-hybridized carbons (Fsp3) is 0.348. The van der Waals surface area contributed by atoms with E-state index in [4.69, 9.17) is 9.47 Å². The van der Waals surface area contributed by atoms with Gasteiger partial charge >= 0.3 is 6.03 Å². The summed E-state index contributed by atoms with van der Waals surface area (Å²) in [5.74, 6) is 1.29. The van der Waals surface area contributed by atoms with Crippen molar-refractivity contribution >= 4 is 16.1 Å². The number of sulfonamides is 1. The molecule has 2 fully saturated rings. The van der Waals surface area contributed by atoms with Gasteiger partial charge in [0.15, 0.2) is 11.5 Å². The lowest BCUT2D eigenvalue weighted by molar-refractivity contribution is 0.119. The molecule has 1 aromatic heterocycles. The molecule has 10 nitrogen and oxygen atoms in total. The van der Waals surface area contributed by atoms with Crippen LogP contribution in [-0.2, 0) is 10.0 Å². The Morgan fingerprint density at radius 3 is 2.47 bits per heavy atom. The number of hydrogen-bond acceptors (Lipinski definition) is 7. The van der Waals surface area contributed by atoms with Crippen molar-refractivity contribution in [2.45, 2.75) is 30.2 Å². The summed E-state index contributed by atoms with van der Waals surface area (Å²) in [6.07, 6.45) is 3.77. The molecule has 0 saturated carbocycles. The maximum atomic E-state index is 13.6. The average molecular weight is 482 g/mol. The quantitative estimate of drug-likeness (QED) is 0.566. The second-order valence-corrected chi connectivity index (χ2v) is 10.6. The molecule has 0 N–H and O–H groups in total. The second kappa shape index (κ2) is 8.10. The topological polar surface area (TPSA) is 107 Å². The van der Waals surface area contributed by atoms with Gasteiger partial charge in [-0.05, 0) is 36.1 Å². The summed E-state index contributed by atoms with van der Waals surface area (Å²) in [5.41, 5.74) is 1.63. The Balaban J connectivity index is 1.29. The molecule has 0 radical (unpaired) electrons. The van der Waals surface area contributed by atoms with Gasteiger partial charge in [0.2, 0.25) is 16.8 Å². The van der Waals surface area contributed by atoms with Gasteiger partial charge in [0, 0.05) is 19.1 Å². The summed E-state index contributed by atoms with van der Waals surface area (Å²) in [5, 5.41) is 3.23. The summed E-state index contributed by atoms with van der Waals surface area (Å²) >= 11 is 0. The molecule has 3 aliphatic heterocycles. The van der Waals surface area contributed by atoms with E-state index in [0.29, 0.717) is 37.4 Å². The number of nitrogens with zero attached hydrogens (tertiary/aromatic N) is 5. The molecule has 0 spiro atoms. The zero-order valence-corrected chi connectivity index (χ0v) is 19.0. The molecule has 11 heteroatoms. The predicted octanol–water partition coefficient (Wildman–Crippen LogP) is 2.57. The van der Waals surface area contributed by atoms with E-state index in [1.54, 1.807) is 9.21 Å². The van der Waals surface area contributed by atoms with Gasteiger partial charge in [-0.25, -0.2) is 18.2 Å². The van der Waals surface area contributed by atoms with E-state index < -0.39 is 15.3 Å². The van der Waals surface area contributed by atoms with E-state index in [-0.39, 0.29) is 24.9 Å². The molecule has 6 rings (SSSR count). The Labute approximate surface area is 196 Å². The highest BCUT2D eigenvalue weighted by molar-refractivity contribution is 7.90. The zero-order valence-electron chi connectivity index (χ0n) is 18.2. The maximum Gasteiger partial charge on any atom is 0.346 e. The first-order valence-electron chi connectivity index (χ1n) is 11.1. The minimum absolute atomic E-state index is 0.159. The number of benzene rings is 2. The van der Waals surface area contributed by atoms with Crippen LogP contribution in [0.15, 0.2) is 61.2 Å². The highest BCUT2D eigenvalue weighted by Gasteiger charge is 2.58. The Hall–Kier alpha value is -3.44. The van der Waals surface area contributed by atoms with E-state index in [9.17, 15) is 13.2 Å². The molecule has 3 aromatic rings. The highest BCUT2D eigenvalue weighted by atomic mass is 32.2. The molecular weight excluding hydrogens is 458 g/mol. The fourth-order valence-electron chi connectivity index (χ4n) is 5.14. The molecule has 0 unspecified atom stereocenters. The van der Waals surface area contributed by atoms with Crippen LogP contribution in [0.5, 0.6) is 11.5 Å². The van der Waals surface area contributed by atoms with Crippen molar-refractivity contribution in [1.29, 1.82) is 0 Å². The molecule has 0 aliphatic carbocycles. The van der Waals surface area contributed by atoms with E-state index in [0.717, 1.165) is 11.1 Å². The highest BCUT2D eigenvalue weighted by Crippen LogP contribution is 2.55. The number of likely N-dealkylation sites (tertiary alicyclic amines) is 1. The minimum Gasteiger partial charge on any atom is -0.454 e. The lowest BCUT2D eigenvalue weighted by Gasteiger charge is -2.52. The molecule has 176 valence electrons. The molecule has 2 aromatic carbocycles. The number of amides is 1. The lowest BCUT2D eigenvalue weighted by Crippen LogP contribution is -2.59. The van der Waals surface area contributed by atoms with E-state index in [1.807, 2.05) is 48.5 Å². The number of piperidine rings is 1. The monoisotopic (exact) mass is 481 g/mol. The van der Waals surface area contributed by atoms with Gasteiger partial charge in [0.05, 0.1) is 6.04 Å². The van der Waals surface area contributed by atoms with E-state index in [1.165, 1.54) is 17.3 Å². The van der Waals surface area contributed by atoms with Crippen LogP contribution >= 0.6 is 0 Å². The van der Waals surface area contributed by atoms with Crippen LogP contribution < -0.4 is 9.47 Å². The number of ether oxygens (including phenoxy) is 2. The van der Waals surface area contributed by atoms with E-state index in [2.05, 4.69) is 10.1 Å². The standard InChI is InChI=1S/C23H23N5O5S/c29-23(27-14-24-13-25-27)26-10-8-18(9-11-26)28-21(17-6-7-19-20(12-17)33-15-32-19)22(34(28,30)31)16-4-2-1-3-5-16/h1-7,12-14,18,21-22H,8-11,15H2/t21-,22-/m1/s1. The SMILES string of the molecule is O=C(N1CCC(N2[C@H](c3ccc4c(c3)OCO4)[C@@H](c3ccccc3)S2(=O)=O)CC1)n1cncn1. The number of fused-ring (bicyclic) bond motifs is 1. The first-order chi connectivity index (χ1) is 16.5. The van der Waals surface area contributed by atoms with Crippen LogP contribution in [0.1, 0.15) is 35.3 Å². The average Bonchev–Trinajstić information content (AvgIpc) is 3.55. The van der Waals surface area contributed by atoms with Crippen molar-refractivity contribution in [2.24, 2.45) is 0 Å². The maximum absolute atomic E-state index is 13.6. The Bertz CT molecular complexity index is 1310. The molecule has 2 saturated heterocycles. The number of aromatic nitrogens is 3. The summed E-state index contributed by atoms with van der Waals surface area (Å²) in [7, 11) is -3.58. The number of rotatable bonds is 3. The smallest absolute Gasteiger partial charge is 0.346 e. The third-order valence-corrected chi connectivity index (χ3v) is 9.04. The van der Waals surface area contributed by atoms with Gasteiger partial charge in [-0.15, -0.1) is 0 Å². The number of hydrogen-bond donors (Lipinski definition) is 0. The number of carbonyl (C=O) groups excluding carboxylic acids is 1. The van der Waals surface area contributed by atoms with Crippen molar-refractivity contribution in [3.8, 4) is 11.5 Å².